The summed E-state index contributed by atoms with van der Waals surface area (Å²) in [4.78, 5) is 25.8. The van der Waals surface area contributed by atoms with Crippen molar-refractivity contribution in [1.29, 1.82) is 0 Å². The zero-order chi connectivity index (χ0) is 23.5. The van der Waals surface area contributed by atoms with E-state index in [2.05, 4.69) is 0 Å². The minimum Gasteiger partial charge on any atom is -0.489 e. The molecule has 2 aromatic carbocycles. The Morgan fingerprint density at radius 3 is 2.76 bits per heavy atom. The summed E-state index contributed by atoms with van der Waals surface area (Å²) in [5.74, 6) is -0.987. The largest absolute Gasteiger partial charge is 0.489 e. The Hall–Kier alpha value is -3.10. The first-order valence-corrected chi connectivity index (χ1v) is 11.2. The van der Waals surface area contributed by atoms with E-state index in [9.17, 15) is 19.1 Å². The van der Waals surface area contributed by atoms with Crippen LogP contribution >= 0.6 is 11.6 Å². The number of likely N-dealkylation sites (tertiary alicyclic amines) is 1. The van der Waals surface area contributed by atoms with Gasteiger partial charge < -0.3 is 25.0 Å². The van der Waals surface area contributed by atoms with Crippen molar-refractivity contribution in [3.05, 3.63) is 64.6 Å². The van der Waals surface area contributed by atoms with Crippen molar-refractivity contribution in [3.63, 3.8) is 0 Å². The normalized spacial score (nSPS) is 15.8. The molecule has 4 rings (SSSR count). The highest BCUT2D eigenvalue weighted by molar-refractivity contribution is 6.31. The zero-order valence-corrected chi connectivity index (χ0v) is 18.7. The molecule has 0 bridgehead atoms. The molecule has 1 aliphatic heterocycles. The fraction of sp³-hybridized carbons (Fsp3) is 0.333. The monoisotopic (exact) mass is 473 g/mol. The van der Waals surface area contributed by atoms with Gasteiger partial charge in [-0.25, -0.2) is 9.18 Å². The number of hydrogen-bond donors (Lipinski definition) is 2. The van der Waals surface area contributed by atoms with Gasteiger partial charge in [0.2, 0.25) is 5.91 Å². The summed E-state index contributed by atoms with van der Waals surface area (Å²) in [6.07, 6.45) is 3.67. The molecular weight excluding hydrogens is 449 g/mol. The van der Waals surface area contributed by atoms with Crippen molar-refractivity contribution in [1.82, 2.24) is 9.47 Å². The molecule has 7 nitrogen and oxygen atoms in total. The van der Waals surface area contributed by atoms with Crippen molar-refractivity contribution in [2.24, 2.45) is 5.73 Å². The lowest BCUT2D eigenvalue weighted by Gasteiger charge is -2.21. The second-order valence-corrected chi connectivity index (χ2v) is 8.51. The lowest BCUT2D eigenvalue weighted by Crippen LogP contribution is -2.41. The predicted molar refractivity (Wildman–Crippen MR) is 123 cm³/mol. The number of carbonyl (C=O) groups is 2. The van der Waals surface area contributed by atoms with E-state index < -0.39 is 17.8 Å². The zero-order valence-electron chi connectivity index (χ0n) is 18.0. The van der Waals surface area contributed by atoms with E-state index in [1.807, 2.05) is 22.9 Å². The first kappa shape index (κ1) is 23.1. The Bertz CT molecular complexity index is 1200. The van der Waals surface area contributed by atoms with Gasteiger partial charge in [-0.1, -0.05) is 17.7 Å². The van der Waals surface area contributed by atoms with Gasteiger partial charge in [0.05, 0.1) is 5.02 Å². The number of carbonyl (C=O) groups excluding carboxylic acids is 1. The number of aliphatic carboxylic acids is 1. The van der Waals surface area contributed by atoms with Crippen molar-refractivity contribution in [2.45, 2.75) is 38.5 Å². The molecule has 0 saturated carbocycles. The fourth-order valence-electron chi connectivity index (χ4n) is 4.28. The number of carboxylic acids is 1. The lowest BCUT2D eigenvalue weighted by molar-refractivity contribution is -0.148. The Balaban J connectivity index is 1.56. The molecule has 1 atom stereocenters. The van der Waals surface area contributed by atoms with Crippen LogP contribution in [0.1, 0.15) is 24.0 Å². The molecule has 174 valence electrons. The highest BCUT2D eigenvalue weighted by Crippen LogP contribution is 2.28. The van der Waals surface area contributed by atoms with Crippen LogP contribution in [0.5, 0.6) is 5.75 Å². The maximum Gasteiger partial charge on any atom is 0.326 e. The molecular formula is C24H25ClFN3O4. The van der Waals surface area contributed by atoms with Gasteiger partial charge in [-0.2, -0.15) is 0 Å². The SMILES string of the molecule is NCCc1cn(CC(=O)N2CCCC2C(=O)O)c2ccc(OCc3ccc(F)cc3Cl)cc12. The van der Waals surface area contributed by atoms with Gasteiger partial charge in [0.25, 0.3) is 0 Å². The van der Waals surface area contributed by atoms with Crippen molar-refractivity contribution >= 4 is 34.4 Å². The van der Waals surface area contributed by atoms with Gasteiger partial charge in [0, 0.05) is 29.2 Å². The summed E-state index contributed by atoms with van der Waals surface area (Å²) in [5, 5.41) is 10.6. The first-order valence-electron chi connectivity index (χ1n) is 10.8. The first-order chi connectivity index (χ1) is 15.9. The maximum absolute atomic E-state index is 13.3. The van der Waals surface area contributed by atoms with Gasteiger partial charge >= 0.3 is 5.97 Å². The van der Waals surface area contributed by atoms with Crippen LogP contribution in [0, 0.1) is 5.82 Å². The number of fused-ring (bicyclic) bond motifs is 1. The summed E-state index contributed by atoms with van der Waals surface area (Å²) in [6.45, 7) is 1.13. The number of nitrogens with zero attached hydrogens (tertiary/aromatic N) is 2. The Kier molecular flexibility index (Phi) is 6.85. The quantitative estimate of drug-likeness (QED) is 0.521. The van der Waals surface area contributed by atoms with Gasteiger partial charge in [-0.3, -0.25) is 4.79 Å². The number of hydrogen-bond acceptors (Lipinski definition) is 4. The Morgan fingerprint density at radius 2 is 2.03 bits per heavy atom. The Morgan fingerprint density at radius 1 is 1.21 bits per heavy atom. The van der Waals surface area contributed by atoms with Crippen molar-refractivity contribution < 1.29 is 23.8 Å². The summed E-state index contributed by atoms with van der Waals surface area (Å²) in [6, 6.07) is 8.94. The van der Waals surface area contributed by atoms with Crippen molar-refractivity contribution in [2.75, 3.05) is 13.1 Å². The third kappa shape index (κ3) is 4.96. The predicted octanol–water partition coefficient (Wildman–Crippen LogP) is 3.59. The summed E-state index contributed by atoms with van der Waals surface area (Å²) in [7, 11) is 0. The topological polar surface area (TPSA) is 97.8 Å². The number of rotatable bonds is 8. The molecule has 9 heteroatoms. The minimum atomic E-state index is -0.968. The number of carboxylic acid groups (broad SMARTS) is 1. The van der Waals surface area contributed by atoms with Crippen LogP contribution in [0.15, 0.2) is 42.6 Å². The van der Waals surface area contributed by atoms with Crippen LogP contribution in [-0.4, -0.2) is 45.6 Å². The van der Waals surface area contributed by atoms with Crippen molar-refractivity contribution in [3.8, 4) is 5.75 Å². The average Bonchev–Trinajstić information content (AvgIpc) is 3.39. The van der Waals surface area contributed by atoms with E-state index in [1.165, 1.54) is 17.0 Å². The molecule has 1 aliphatic rings. The fourth-order valence-corrected chi connectivity index (χ4v) is 4.51. The maximum atomic E-state index is 13.3. The summed E-state index contributed by atoms with van der Waals surface area (Å²) >= 11 is 6.08. The molecule has 1 unspecified atom stereocenters. The second-order valence-electron chi connectivity index (χ2n) is 8.11. The van der Waals surface area contributed by atoms with Crippen LogP contribution in [0.3, 0.4) is 0 Å². The van der Waals surface area contributed by atoms with E-state index in [0.29, 0.717) is 48.7 Å². The number of ether oxygens (including phenoxy) is 1. The average molecular weight is 474 g/mol. The van der Waals surface area contributed by atoms with Crippen LogP contribution in [0.2, 0.25) is 5.02 Å². The van der Waals surface area contributed by atoms with E-state index in [-0.39, 0.29) is 19.1 Å². The molecule has 0 aliphatic carbocycles. The second kappa shape index (κ2) is 9.80. The highest BCUT2D eigenvalue weighted by atomic mass is 35.5. The standard InChI is InChI=1S/C24H25ClFN3O4/c25-20-10-17(26)4-3-16(20)14-33-18-5-6-21-19(11-18)15(7-8-27)12-28(21)13-23(30)29-9-1-2-22(29)24(31)32/h3-6,10-12,22H,1-2,7-9,13-14,27H2,(H,31,32). The van der Waals surface area contributed by atoms with Crippen LogP contribution < -0.4 is 10.5 Å². The van der Waals surface area contributed by atoms with Gasteiger partial charge in [0.15, 0.2) is 0 Å². The van der Waals surface area contributed by atoms with Crippen LogP contribution in [-0.2, 0) is 29.2 Å². The van der Waals surface area contributed by atoms with E-state index >= 15 is 0 Å². The molecule has 1 fully saturated rings. The van der Waals surface area contributed by atoms with Gasteiger partial charge in [-0.15, -0.1) is 0 Å². The molecule has 3 N–H and O–H groups in total. The molecule has 1 saturated heterocycles. The van der Waals surface area contributed by atoms with Crippen LogP contribution in [0.4, 0.5) is 4.39 Å². The highest BCUT2D eigenvalue weighted by Gasteiger charge is 2.34. The smallest absolute Gasteiger partial charge is 0.326 e. The Labute approximate surface area is 195 Å². The molecule has 0 radical (unpaired) electrons. The van der Waals surface area contributed by atoms with E-state index in [4.69, 9.17) is 22.1 Å². The molecule has 2 heterocycles. The van der Waals surface area contributed by atoms with Crippen LogP contribution in [0.25, 0.3) is 10.9 Å². The number of halogens is 2. The van der Waals surface area contributed by atoms with Gasteiger partial charge in [0.1, 0.15) is 30.8 Å². The van der Waals surface area contributed by atoms with E-state index in [0.717, 1.165) is 16.5 Å². The molecule has 3 aromatic rings. The van der Waals surface area contributed by atoms with E-state index in [1.54, 1.807) is 12.1 Å². The number of amides is 1. The molecule has 1 aromatic heterocycles. The number of benzene rings is 2. The third-order valence-electron chi connectivity index (χ3n) is 5.92. The lowest BCUT2D eigenvalue weighted by atomic mass is 10.1. The summed E-state index contributed by atoms with van der Waals surface area (Å²) in [5.41, 5.74) is 8.27. The minimum absolute atomic E-state index is 0.0518. The molecule has 33 heavy (non-hydrogen) atoms. The number of nitrogens with two attached hydrogens (primary N) is 1. The van der Waals surface area contributed by atoms with Gasteiger partial charge in [-0.05, 0) is 61.7 Å². The third-order valence-corrected chi connectivity index (χ3v) is 6.27. The molecule has 0 spiro atoms. The molecule has 1 amide bonds. The summed E-state index contributed by atoms with van der Waals surface area (Å²) < 4.78 is 21.0. The number of aromatic nitrogens is 1.